The Morgan fingerprint density at radius 1 is 0.929 bits per heavy atom. The number of aromatic amines is 1. The topological polar surface area (TPSA) is 124 Å². The number of hydrogen-bond acceptors (Lipinski definition) is 7. The fourth-order valence-corrected chi connectivity index (χ4v) is 5.07. The van der Waals surface area contributed by atoms with Crippen molar-refractivity contribution in [2.45, 2.75) is 0 Å². The summed E-state index contributed by atoms with van der Waals surface area (Å²) in [7, 11) is 3.60. The highest BCUT2D eigenvalue weighted by atomic mass is 16.5. The molecule has 0 radical (unpaired) electrons. The fourth-order valence-electron chi connectivity index (χ4n) is 5.07. The third kappa shape index (κ3) is 5.39. The molecule has 0 aliphatic carbocycles. The van der Waals surface area contributed by atoms with Crippen LogP contribution in [0.4, 0.5) is 5.69 Å². The normalized spacial score (nSPS) is 13.7. The SMILES string of the molecule is COc1ncccc1-c1ccc(O)c(-c2nc3ccc(C(=O)Nc4cccc(C(=O)N5CCN(C)CC5)c4)cc3[nH]2)c1. The molecule has 10 nitrogen and oxygen atoms in total. The van der Waals surface area contributed by atoms with Crippen molar-refractivity contribution in [2.75, 3.05) is 45.7 Å². The average molecular weight is 563 g/mol. The van der Waals surface area contributed by atoms with Crippen molar-refractivity contribution in [1.82, 2.24) is 24.8 Å². The maximum atomic E-state index is 13.2. The van der Waals surface area contributed by atoms with Crippen LogP contribution in [-0.2, 0) is 0 Å². The molecule has 10 heteroatoms. The number of aromatic nitrogens is 3. The molecule has 1 saturated heterocycles. The van der Waals surface area contributed by atoms with Crippen LogP contribution in [0.2, 0.25) is 0 Å². The van der Waals surface area contributed by atoms with Gasteiger partial charge in [-0.15, -0.1) is 0 Å². The van der Waals surface area contributed by atoms with E-state index in [0.717, 1.165) is 24.2 Å². The average Bonchev–Trinajstić information content (AvgIpc) is 3.45. The lowest BCUT2D eigenvalue weighted by molar-refractivity contribution is 0.0664. The lowest BCUT2D eigenvalue weighted by atomic mass is 10.0. The Bertz CT molecular complexity index is 1790. The molecule has 2 amide bonds. The number of nitrogens with zero attached hydrogens (tertiary/aromatic N) is 4. The maximum Gasteiger partial charge on any atom is 0.255 e. The molecule has 1 aliphatic rings. The summed E-state index contributed by atoms with van der Waals surface area (Å²) < 4.78 is 5.40. The Morgan fingerprint density at radius 3 is 2.57 bits per heavy atom. The van der Waals surface area contributed by atoms with Crippen LogP contribution >= 0.6 is 0 Å². The number of phenols is 1. The highest BCUT2D eigenvalue weighted by molar-refractivity contribution is 6.06. The number of imidazole rings is 1. The number of rotatable bonds is 6. The number of benzene rings is 3. The summed E-state index contributed by atoms with van der Waals surface area (Å²) in [4.78, 5) is 42.3. The minimum Gasteiger partial charge on any atom is -0.507 e. The van der Waals surface area contributed by atoms with E-state index in [2.05, 4.69) is 25.2 Å². The van der Waals surface area contributed by atoms with E-state index in [1.165, 1.54) is 0 Å². The van der Waals surface area contributed by atoms with Gasteiger partial charge < -0.3 is 29.9 Å². The largest absolute Gasteiger partial charge is 0.507 e. The van der Waals surface area contributed by atoms with E-state index in [1.807, 2.05) is 30.1 Å². The molecule has 5 aromatic rings. The van der Waals surface area contributed by atoms with Crippen molar-refractivity contribution in [3.05, 3.63) is 90.1 Å². The van der Waals surface area contributed by atoms with Gasteiger partial charge in [-0.25, -0.2) is 9.97 Å². The van der Waals surface area contributed by atoms with E-state index in [4.69, 9.17) is 4.74 Å². The van der Waals surface area contributed by atoms with Gasteiger partial charge >= 0.3 is 0 Å². The Hall–Kier alpha value is -5.22. The van der Waals surface area contributed by atoms with Crippen molar-refractivity contribution in [3.63, 3.8) is 0 Å². The number of amides is 2. The molecular formula is C32H30N6O4. The van der Waals surface area contributed by atoms with Crippen LogP contribution in [0.3, 0.4) is 0 Å². The van der Waals surface area contributed by atoms with Gasteiger partial charge in [0.15, 0.2) is 0 Å². The van der Waals surface area contributed by atoms with Crippen LogP contribution in [0.1, 0.15) is 20.7 Å². The second-order valence-corrected chi connectivity index (χ2v) is 10.2. The first-order valence-corrected chi connectivity index (χ1v) is 13.6. The predicted molar refractivity (Wildman–Crippen MR) is 161 cm³/mol. The van der Waals surface area contributed by atoms with Crippen molar-refractivity contribution in [1.29, 1.82) is 0 Å². The van der Waals surface area contributed by atoms with Crippen molar-refractivity contribution in [2.24, 2.45) is 0 Å². The minimum atomic E-state index is -0.314. The predicted octanol–water partition coefficient (Wildman–Crippen LogP) is 4.65. The molecule has 0 atom stereocenters. The number of piperazine rings is 1. The van der Waals surface area contributed by atoms with Crippen LogP contribution < -0.4 is 10.1 Å². The van der Waals surface area contributed by atoms with Gasteiger partial charge in [-0.05, 0) is 73.3 Å². The Balaban J connectivity index is 1.22. The summed E-state index contributed by atoms with van der Waals surface area (Å²) in [6, 6.07) is 21.1. The molecule has 212 valence electrons. The number of pyridine rings is 1. The zero-order chi connectivity index (χ0) is 29.2. The van der Waals surface area contributed by atoms with Crippen LogP contribution in [0.15, 0.2) is 79.0 Å². The summed E-state index contributed by atoms with van der Waals surface area (Å²) in [6.07, 6.45) is 1.65. The lowest BCUT2D eigenvalue weighted by Crippen LogP contribution is -2.47. The smallest absolute Gasteiger partial charge is 0.255 e. The molecule has 6 rings (SSSR count). The standard InChI is InChI=1S/C32H30N6O4/c1-37-13-15-38(16-14-37)32(41)22-5-3-6-23(17-22)34-30(40)21-8-10-26-27(19-21)36-29(35-26)25-18-20(9-11-28(25)39)24-7-4-12-33-31(24)42-2/h3-12,17-19,39H,13-16H2,1-2H3,(H,34,40)(H,35,36). The molecule has 0 bridgehead atoms. The number of likely N-dealkylation sites (N-methyl/N-ethyl adjacent to an activating group) is 1. The number of aromatic hydroxyl groups is 1. The third-order valence-electron chi connectivity index (χ3n) is 7.43. The van der Waals surface area contributed by atoms with Gasteiger partial charge in [0, 0.05) is 54.8 Å². The van der Waals surface area contributed by atoms with E-state index >= 15 is 0 Å². The fraction of sp³-hybridized carbons (Fsp3) is 0.188. The first kappa shape index (κ1) is 27.0. The monoisotopic (exact) mass is 562 g/mol. The molecule has 0 spiro atoms. The van der Waals surface area contributed by atoms with Gasteiger partial charge in [0.2, 0.25) is 5.88 Å². The van der Waals surface area contributed by atoms with E-state index in [1.54, 1.807) is 67.9 Å². The van der Waals surface area contributed by atoms with Gasteiger partial charge in [0.05, 0.1) is 23.7 Å². The van der Waals surface area contributed by atoms with Crippen molar-refractivity contribution >= 4 is 28.5 Å². The van der Waals surface area contributed by atoms with Crippen molar-refractivity contribution < 1.29 is 19.4 Å². The molecule has 0 unspecified atom stereocenters. The lowest BCUT2D eigenvalue weighted by Gasteiger charge is -2.32. The number of hydrogen-bond donors (Lipinski definition) is 3. The molecule has 1 aliphatic heterocycles. The van der Waals surface area contributed by atoms with Crippen LogP contribution in [0, 0.1) is 0 Å². The summed E-state index contributed by atoms with van der Waals surface area (Å²) >= 11 is 0. The van der Waals surface area contributed by atoms with Gasteiger partial charge in [0.25, 0.3) is 11.8 Å². The first-order chi connectivity index (χ1) is 20.4. The zero-order valence-electron chi connectivity index (χ0n) is 23.3. The molecule has 2 aromatic heterocycles. The van der Waals surface area contributed by atoms with Gasteiger partial charge in [-0.3, -0.25) is 9.59 Å². The van der Waals surface area contributed by atoms with Crippen LogP contribution in [0.25, 0.3) is 33.5 Å². The number of anilines is 1. The number of fused-ring (bicyclic) bond motifs is 1. The number of methoxy groups -OCH3 is 1. The number of phenolic OH excluding ortho intramolecular Hbond substituents is 1. The summed E-state index contributed by atoms with van der Waals surface area (Å²) in [6.45, 7) is 3.03. The van der Waals surface area contributed by atoms with Crippen molar-refractivity contribution in [3.8, 4) is 34.1 Å². The Kier molecular flexibility index (Phi) is 7.28. The number of carbonyl (C=O) groups is 2. The highest BCUT2D eigenvalue weighted by Crippen LogP contribution is 2.35. The van der Waals surface area contributed by atoms with Gasteiger partial charge in [-0.2, -0.15) is 0 Å². The number of nitrogens with one attached hydrogen (secondary N) is 2. The Morgan fingerprint density at radius 2 is 1.76 bits per heavy atom. The maximum absolute atomic E-state index is 13.2. The quantitative estimate of drug-likeness (QED) is 0.275. The number of carbonyl (C=O) groups excluding carboxylic acids is 2. The summed E-state index contributed by atoms with van der Waals surface area (Å²) in [5, 5.41) is 13.6. The first-order valence-electron chi connectivity index (χ1n) is 13.6. The minimum absolute atomic E-state index is 0.0418. The van der Waals surface area contributed by atoms with E-state index in [-0.39, 0.29) is 17.6 Å². The number of H-pyrrole nitrogens is 1. The highest BCUT2D eigenvalue weighted by Gasteiger charge is 2.21. The Labute approximate surface area is 242 Å². The molecule has 3 aromatic carbocycles. The molecule has 0 saturated carbocycles. The van der Waals surface area contributed by atoms with Crippen LogP contribution in [0.5, 0.6) is 11.6 Å². The molecule has 1 fully saturated rings. The van der Waals surface area contributed by atoms with Crippen LogP contribution in [-0.4, -0.2) is 82.0 Å². The second kappa shape index (κ2) is 11.3. The van der Waals surface area contributed by atoms with Gasteiger partial charge in [0.1, 0.15) is 11.6 Å². The molecule has 3 N–H and O–H groups in total. The molecular weight excluding hydrogens is 532 g/mol. The zero-order valence-corrected chi connectivity index (χ0v) is 23.3. The van der Waals surface area contributed by atoms with E-state index in [9.17, 15) is 14.7 Å². The second-order valence-electron chi connectivity index (χ2n) is 10.2. The summed E-state index contributed by atoms with van der Waals surface area (Å²) in [5.41, 5.74) is 4.88. The summed E-state index contributed by atoms with van der Waals surface area (Å²) in [5.74, 6) is 0.638. The number of ether oxygens (including phenoxy) is 1. The van der Waals surface area contributed by atoms with E-state index < -0.39 is 0 Å². The third-order valence-corrected chi connectivity index (χ3v) is 7.43. The molecule has 3 heterocycles. The van der Waals surface area contributed by atoms with E-state index in [0.29, 0.717) is 58.2 Å². The molecule has 42 heavy (non-hydrogen) atoms. The van der Waals surface area contributed by atoms with Gasteiger partial charge in [-0.1, -0.05) is 12.1 Å².